The van der Waals surface area contributed by atoms with Crippen molar-refractivity contribution in [3.05, 3.63) is 77.5 Å². The van der Waals surface area contributed by atoms with Crippen molar-refractivity contribution >= 4 is 41.4 Å². The molecule has 2 atom stereocenters. The minimum atomic E-state index is -1.16. The molecule has 1 amide bonds. The number of aliphatic carboxylic acids is 1. The van der Waals surface area contributed by atoms with Crippen molar-refractivity contribution in [3.63, 3.8) is 0 Å². The number of benzene rings is 2. The molecule has 1 heterocycles. The maximum atomic E-state index is 13.6. The number of amides is 1. The molecule has 10 heteroatoms. The van der Waals surface area contributed by atoms with Gasteiger partial charge in [0.25, 0.3) is 5.91 Å². The van der Waals surface area contributed by atoms with E-state index in [-0.39, 0.29) is 60.2 Å². The number of hydrogen-bond acceptors (Lipinski definition) is 5. The van der Waals surface area contributed by atoms with Crippen LogP contribution >= 0.6 is 0 Å². The van der Waals surface area contributed by atoms with E-state index in [1.165, 1.54) is 12.1 Å². The molecule has 0 radical (unpaired) electrons. The van der Waals surface area contributed by atoms with Gasteiger partial charge in [-0.2, -0.15) is 0 Å². The Bertz CT molecular complexity index is 1170. The van der Waals surface area contributed by atoms with Gasteiger partial charge in [0.05, 0.1) is 24.3 Å². The number of halogens is 1. The molecular weight excluding hydrogens is 488 g/mol. The third-order valence-electron chi connectivity index (χ3n) is 5.81. The van der Waals surface area contributed by atoms with Crippen molar-refractivity contribution in [2.24, 2.45) is 0 Å². The van der Waals surface area contributed by atoms with Gasteiger partial charge in [-0.1, -0.05) is 30.3 Å². The van der Waals surface area contributed by atoms with Crippen molar-refractivity contribution < 1.29 is 29.3 Å². The van der Waals surface area contributed by atoms with Gasteiger partial charge in [-0.05, 0) is 62.9 Å². The van der Waals surface area contributed by atoms with Crippen LogP contribution in [0.2, 0.25) is 0 Å². The molecule has 194 valence electrons. The number of nitrogens with zero attached hydrogens (tertiary/aromatic N) is 2. The summed E-state index contributed by atoms with van der Waals surface area (Å²) in [5.74, 6) is -1.69. The monoisotopic (exact) mass is 521 g/mol. The SMILES string of the molecule is CC(C)n1c(C(=O)NCc2ccccc2)nc(-c2ccc(F)cc2)c1CC[C@@H](O)C[C@@H](O)CC(=O)O.[NaH]. The molecule has 4 N–H and O–H groups in total. The van der Waals surface area contributed by atoms with Crippen molar-refractivity contribution in [2.75, 3.05) is 0 Å². The van der Waals surface area contributed by atoms with Crippen LogP contribution in [0.3, 0.4) is 0 Å². The molecular formula is C27H33FN3NaO5. The summed E-state index contributed by atoms with van der Waals surface area (Å²) in [7, 11) is 0. The quantitative estimate of drug-likeness (QED) is 0.272. The van der Waals surface area contributed by atoms with E-state index in [4.69, 9.17) is 5.11 Å². The van der Waals surface area contributed by atoms with Crippen LogP contribution in [-0.2, 0) is 17.8 Å². The second-order valence-electron chi connectivity index (χ2n) is 9.05. The molecule has 0 aliphatic heterocycles. The fraction of sp³-hybridized carbons (Fsp3) is 0.370. The van der Waals surface area contributed by atoms with E-state index in [0.717, 1.165) is 5.56 Å². The molecule has 8 nitrogen and oxygen atoms in total. The molecule has 0 fully saturated rings. The number of nitrogens with one attached hydrogen (secondary N) is 1. The number of carbonyl (C=O) groups excluding carboxylic acids is 1. The van der Waals surface area contributed by atoms with E-state index >= 15 is 0 Å². The maximum absolute atomic E-state index is 13.6. The number of rotatable bonds is 12. The number of carboxylic acids is 1. The third-order valence-corrected chi connectivity index (χ3v) is 5.81. The fourth-order valence-electron chi connectivity index (χ4n) is 4.14. The fourth-order valence-corrected chi connectivity index (χ4v) is 4.14. The van der Waals surface area contributed by atoms with Crippen LogP contribution in [0.1, 0.15) is 61.0 Å². The normalized spacial score (nSPS) is 12.6. The summed E-state index contributed by atoms with van der Waals surface area (Å²) in [6, 6.07) is 15.2. The molecule has 0 unspecified atom stereocenters. The summed E-state index contributed by atoms with van der Waals surface area (Å²) in [4.78, 5) is 28.6. The number of aromatic nitrogens is 2. The third kappa shape index (κ3) is 8.76. The predicted molar refractivity (Wildman–Crippen MR) is 140 cm³/mol. The van der Waals surface area contributed by atoms with Gasteiger partial charge in [0.2, 0.25) is 0 Å². The molecule has 37 heavy (non-hydrogen) atoms. The van der Waals surface area contributed by atoms with Crippen LogP contribution in [0.25, 0.3) is 11.3 Å². The molecule has 0 spiro atoms. The molecule has 0 aliphatic carbocycles. The average molecular weight is 522 g/mol. The van der Waals surface area contributed by atoms with Crippen LogP contribution in [0.15, 0.2) is 54.6 Å². The van der Waals surface area contributed by atoms with E-state index in [2.05, 4.69) is 10.3 Å². The zero-order valence-corrected chi connectivity index (χ0v) is 20.4. The average Bonchev–Trinajstić information content (AvgIpc) is 3.21. The van der Waals surface area contributed by atoms with Gasteiger partial charge in [0.15, 0.2) is 5.82 Å². The van der Waals surface area contributed by atoms with Gasteiger partial charge in [-0.25, -0.2) is 9.37 Å². The Morgan fingerprint density at radius 3 is 2.27 bits per heavy atom. The first kappa shape index (κ1) is 30.7. The van der Waals surface area contributed by atoms with Crippen molar-refractivity contribution in [2.45, 2.75) is 64.3 Å². The van der Waals surface area contributed by atoms with E-state index in [0.29, 0.717) is 29.9 Å². The van der Waals surface area contributed by atoms with Gasteiger partial charge in [-0.3, -0.25) is 9.59 Å². The summed E-state index contributed by atoms with van der Waals surface area (Å²) in [5.41, 5.74) is 2.76. The van der Waals surface area contributed by atoms with Gasteiger partial charge >= 0.3 is 35.5 Å². The Kier molecular flexibility index (Phi) is 11.9. The van der Waals surface area contributed by atoms with E-state index in [9.17, 15) is 24.2 Å². The predicted octanol–water partition coefficient (Wildman–Crippen LogP) is 3.07. The summed E-state index contributed by atoms with van der Waals surface area (Å²) in [6.45, 7) is 4.16. The minimum absolute atomic E-state index is 0. The van der Waals surface area contributed by atoms with E-state index in [1.54, 1.807) is 16.7 Å². The number of imidazole rings is 1. The van der Waals surface area contributed by atoms with Crippen LogP contribution < -0.4 is 5.32 Å². The number of carboxylic acid groups (broad SMARTS) is 1. The second-order valence-corrected chi connectivity index (χ2v) is 9.05. The van der Waals surface area contributed by atoms with Crippen LogP contribution in [0, 0.1) is 5.82 Å². The first-order valence-corrected chi connectivity index (χ1v) is 11.9. The number of aliphatic hydroxyl groups excluding tert-OH is 2. The van der Waals surface area contributed by atoms with E-state index in [1.807, 2.05) is 44.2 Å². The zero-order chi connectivity index (χ0) is 26.2. The van der Waals surface area contributed by atoms with Crippen LogP contribution in [0.4, 0.5) is 4.39 Å². The van der Waals surface area contributed by atoms with Crippen LogP contribution in [0.5, 0.6) is 0 Å². The van der Waals surface area contributed by atoms with Gasteiger partial charge in [0.1, 0.15) is 5.82 Å². The molecule has 0 saturated carbocycles. The summed E-state index contributed by atoms with van der Waals surface area (Å²) < 4.78 is 15.4. The van der Waals surface area contributed by atoms with Crippen LogP contribution in [-0.4, -0.2) is 78.5 Å². The standard InChI is InChI=1S/C27H32FN3O5.Na.H/c1-17(2)31-23(13-12-21(32)14-22(33)15-24(34)35)25(19-8-10-20(28)11-9-19)30-26(31)27(36)29-16-18-6-4-3-5-7-18;;/h3-11,17,21-22,32-33H,12-16H2,1-2H3,(H,29,36)(H,34,35);;/t21-,22-;;/m1../s1. The molecule has 0 saturated heterocycles. The molecule has 1 aromatic heterocycles. The van der Waals surface area contributed by atoms with Gasteiger partial charge in [-0.15, -0.1) is 0 Å². The Labute approximate surface area is 237 Å². The van der Waals surface area contributed by atoms with Crippen molar-refractivity contribution in [1.29, 1.82) is 0 Å². The van der Waals surface area contributed by atoms with Gasteiger partial charge in [0, 0.05) is 23.8 Å². The molecule has 3 rings (SSSR count). The first-order chi connectivity index (χ1) is 17.2. The Morgan fingerprint density at radius 1 is 1.03 bits per heavy atom. The number of aliphatic hydroxyl groups is 2. The van der Waals surface area contributed by atoms with E-state index < -0.39 is 30.4 Å². The molecule has 0 aliphatic rings. The van der Waals surface area contributed by atoms with Gasteiger partial charge < -0.3 is 25.2 Å². The Morgan fingerprint density at radius 2 is 1.68 bits per heavy atom. The molecule has 2 aromatic carbocycles. The Hall–Kier alpha value is -2.56. The topological polar surface area (TPSA) is 125 Å². The van der Waals surface area contributed by atoms with Crippen molar-refractivity contribution in [3.8, 4) is 11.3 Å². The summed E-state index contributed by atoms with van der Waals surface area (Å²) >= 11 is 0. The zero-order valence-electron chi connectivity index (χ0n) is 20.4. The number of hydrogen-bond donors (Lipinski definition) is 4. The molecule has 3 aromatic rings. The van der Waals surface area contributed by atoms with Crippen molar-refractivity contribution in [1.82, 2.24) is 14.9 Å². The first-order valence-electron chi connectivity index (χ1n) is 11.9. The molecule has 0 bridgehead atoms. The Balaban J connectivity index is 0.00000481. The second kappa shape index (κ2) is 14.4. The summed E-state index contributed by atoms with van der Waals surface area (Å²) in [6.07, 6.45) is -2.12. The summed E-state index contributed by atoms with van der Waals surface area (Å²) in [5, 5.41) is 32.0. The number of carbonyl (C=O) groups is 2.